The fourth-order valence-corrected chi connectivity index (χ4v) is 13.5. The van der Waals surface area contributed by atoms with Crippen molar-refractivity contribution < 1.29 is 14.3 Å². The topological polar surface area (TPSA) is 49.8 Å². The van der Waals surface area contributed by atoms with E-state index in [1.54, 1.807) is 0 Å². The maximum Gasteiger partial charge on any atom is 0.188 e. The van der Waals surface area contributed by atoms with Gasteiger partial charge in [0.2, 0.25) is 0 Å². The third-order valence-corrected chi connectivity index (χ3v) is 19.8. The summed E-state index contributed by atoms with van der Waals surface area (Å²) in [4.78, 5) is 24.5. The van der Waals surface area contributed by atoms with Crippen LogP contribution >= 0.6 is 0 Å². The molecular formula is C36H60O3Si. The van der Waals surface area contributed by atoms with Gasteiger partial charge in [-0.2, -0.15) is 0 Å². The Kier molecular flexibility index (Phi) is 6.36. The number of epoxide rings is 1. The van der Waals surface area contributed by atoms with Crippen molar-refractivity contribution >= 4 is 14.1 Å². The maximum atomic E-state index is 13.3. The van der Waals surface area contributed by atoms with E-state index in [1.807, 2.05) is 0 Å². The fraction of sp³-hybridized carbons (Fsp3) is 0.917. The predicted molar refractivity (Wildman–Crippen MR) is 166 cm³/mol. The van der Waals surface area contributed by atoms with Gasteiger partial charge in [0.15, 0.2) is 14.1 Å². The number of hydrogen-bond donors (Lipinski definition) is 1. The van der Waals surface area contributed by atoms with Crippen LogP contribution in [0.3, 0.4) is 0 Å². The van der Waals surface area contributed by atoms with Crippen LogP contribution in [0.4, 0.5) is 0 Å². The molecule has 1 aliphatic heterocycles. The van der Waals surface area contributed by atoms with Crippen LogP contribution in [-0.2, 0) is 9.53 Å². The highest BCUT2D eigenvalue weighted by Gasteiger charge is 2.77. The third-order valence-electron chi connectivity index (χ3n) is 16.2. The van der Waals surface area contributed by atoms with Crippen molar-refractivity contribution in [1.29, 1.82) is 0 Å². The summed E-state index contributed by atoms with van der Waals surface area (Å²) in [6.45, 7) is 28.2. The lowest BCUT2D eigenvalue weighted by atomic mass is 9.32. The molecule has 226 valence electrons. The van der Waals surface area contributed by atoms with Crippen molar-refractivity contribution in [3.63, 3.8) is 0 Å². The molecule has 1 N–H and O–H groups in total. The van der Waals surface area contributed by atoms with E-state index >= 15 is 0 Å². The molecule has 0 amide bonds. The first-order valence-corrected chi connectivity index (χ1v) is 19.8. The number of carbonyl (C=O) groups excluding carboxylic acids is 1. The second-order valence-corrected chi connectivity index (χ2v) is 22.9. The van der Waals surface area contributed by atoms with E-state index in [-0.39, 0.29) is 33.5 Å². The molecule has 0 aromatic rings. The van der Waals surface area contributed by atoms with Gasteiger partial charge >= 0.3 is 0 Å². The van der Waals surface area contributed by atoms with E-state index in [0.29, 0.717) is 34.4 Å². The van der Waals surface area contributed by atoms with Crippen LogP contribution in [0.5, 0.6) is 0 Å². The minimum atomic E-state index is -2.24. The van der Waals surface area contributed by atoms with Gasteiger partial charge in [0.1, 0.15) is 6.10 Å². The van der Waals surface area contributed by atoms with Gasteiger partial charge in [0.05, 0.1) is 6.10 Å². The number of hydrogen-bond acceptors (Lipinski definition) is 3. The predicted octanol–water partition coefficient (Wildman–Crippen LogP) is 8.96. The number of fused-ring (bicyclic) bond motifs is 9. The number of Topliss-reactive ketones (excluding diaryl/α,β-unsaturated/α-hetero) is 1. The van der Waals surface area contributed by atoms with Crippen LogP contribution in [0.1, 0.15) is 120 Å². The summed E-state index contributed by atoms with van der Waals surface area (Å²) >= 11 is 0. The molecule has 11 atom stereocenters. The maximum absolute atomic E-state index is 13.3. The number of rotatable bonds is 5. The highest BCUT2D eigenvalue weighted by Crippen LogP contribution is 2.79. The van der Waals surface area contributed by atoms with E-state index in [9.17, 15) is 9.59 Å². The molecule has 0 bridgehead atoms. The molecule has 6 aliphatic rings. The summed E-state index contributed by atoms with van der Waals surface area (Å²) < 4.78 is 6.31. The lowest BCUT2D eigenvalue weighted by Gasteiger charge is -2.72. The zero-order chi connectivity index (χ0) is 29.5. The Bertz CT molecular complexity index is 1100. The molecular weight excluding hydrogens is 508 g/mol. The van der Waals surface area contributed by atoms with E-state index in [1.165, 1.54) is 63.4 Å². The average molecular weight is 569 g/mol. The van der Waals surface area contributed by atoms with Crippen LogP contribution in [0.2, 0.25) is 18.1 Å². The molecule has 0 unspecified atom stereocenters. The highest BCUT2D eigenvalue weighted by atomic mass is 28.4. The summed E-state index contributed by atoms with van der Waals surface area (Å²) in [5, 5.41) is 0.0387. The summed E-state index contributed by atoms with van der Waals surface area (Å²) in [5.41, 5.74) is 2.23. The number of carbonyl (C=O) groups is 1. The summed E-state index contributed by atoms with van der Waals surface area (Å²) in [6, 6.07) is 0. The highest BCUT2D eigenvalue weighted by molar-refractivity contribution is 6.72. The Morgan fingerprint density at radius 3 is 2.27 bits per heavy atom. The Labute approximate surface area is 246 Å². The molecule has 5 saturated carbocycles. The molecule has 40 heavy (non-hydrogen) atoms. The smallest absolute Gasteiger partial charge is 0.188 e. The first kappa shape index (κ1) is 29.6. The third kappa shape index (κ3) is 3.57. The lowest BCUT2D eigenvalue weighted by Crippen LogP contribution is -2.68. The zero-order valence-electron chi connectivity index (χ0n) is 27.6. The lowest BCUT2D eigenvalue weighted by molar-refractivity contribution is -0.233. The number of ketones is 1. The zero-order valence-corrected chi connectivity index (χ0v) is 28.6. The molecule has 0 radical (unpaired) electrons. The Morgan fingerprint density at radius 1 is 0.975 bits per heavy atom. The quantitative estimate of drug-likeness (QED) is 0.205. The molecule has 1 heterocycles. The van der Waals surface area contributed by atoms with Crippen molar-refractivity contribution in [2.45, 2.75) is 150 Å². The van der Waals surface area contributed by atoms with Crippen LogP contribution in [0.15, 0.2) is 12.2 Å². The summed E-state index contributed by atoms with van der Waals surface area (Å²) in [7, 11) is -2.24. The Morgan fingerprint density at radius 2 is 1.65 bits per heavy atom. The van der Waals surface area contributed by atoms with Crippen molar-refractivity contribution in [2.24, 2.45) is 56.7 Å². The summed E-state index contributed by atoms with van der Waals surface area (Å²) in [5.74, 6) is 3.53. The van der Waals surface area contributed by atoms with Crippen molar-refractivity contribution in [1.82, 2.24) is 0 Å². The SMILES string of the molecule is C=C(C)[C@@H]1CC[C@]2(CCC(C)(C)[Si](C)(C)O)CC[C@]3(C)[C@H](CC[C@@H]4[C@@]5(C)[C@H]6O[C@H]6C(=O)C(C)(C)[C@@H]5CC[C@]43C)[C@@H]12. The minimum Gasteiger partial charge on any atom is -0.432 e. The molecule has 6 rings (SSSR count). The molecule has 6 fully saturated rings. The van der Waals surface area contributed by atoms with Gasteiger partial charge in [0, 0.05) is 10.8 Å². The Balaban J connectivity index is 1.36. The standard InChI is InChI=1S/C36H60O3Si/c1-22(2)23-14-17-36(20-18-31(3,4)40(10,11)38)21-19-33(7)24(27(23)36)12-13-26-34(33,8)16-15-25-32(5,6)29(37)28-30(39-28)35(25,26)9/h23-28,30,38H,1,12-21H2,2-11H3/t23-,24+,25-,26-,27+,28-,30-,33+,34+,35-,36-/m0/s1. The molecule has 3 nitrogen and oxygen atoms in total. The van der Waals surface area contributed by atoms with Gasteiger partial charge in [0.25, 0.3) is 0 Å². The number of allylic oxidation sites excluding steroid dienone is 1. The van der Waals surface area contributed by atoms with E-state index in [2.05, 4.69) is 75.1 Å². The summed E-state index contributed by atoms with van der Waals surface area (Å²) in [6.07, 6.45) is 12.8. The van der Waals surface area contributed by atoms with Crippen LogP contribution in [0, 0.1) is 56.7 Å². The molecule has 1 saturated heterocycles. The van der Waals surface area contributed by atoms with E-state index < -0.39 is 8.32 Å². The van der Waals surface area contributed by atoms with E-state index in [4.69, 9.17) is 4.74 Å². The van der Waals surface area contributed by atoms with Gasteiger partial charge in [-0.25, -0.2) is 0 Å². The van der Waals surface area contributed by atoms with Crippen molar-refractivity contribution in [3.8, 4) is 0 Å². The van der Waals surface area contributed by atoms with Crippen LogP contribution < -0.4 is 0 Å². The second-order valence-electron chi connectivity index (χ2n) is 18.4. The number of ether oxygens (including phenoxy) is 1. The van der Waals surface area contributed by atoms with Gasteiger partial charge in [-0.3, -0.25) is 4.79 Å². The normalized spacial score (nSPS) is 51.2. The first-order chi connectivity index (χ1) is 18.3. The van der Waals surface area contributed by atoms with Gasteiger partial charge in [-0.15, -0.1) is 0 Å². The molecule has 0 spiro atoms. The van der Waals surface area contributed by atoms with Crippen molar-refractivity contribution in [2.75, 3.05) is 0 Å². The molecule has 4 heteroatoms. The monoisotopic (exact) mass is 568 g/mol. The van der Waals surface area contributed by atoms with E-state index in [0.717, 1.165) is 18.3 Å². The minimum absolute atomic E-state index is 0.0387. The van der Waals surface area contributed by atoms with Gasteiger partial charge in [-0.05, 0) is 135 Å². The van der Waals surface area contributed by atoms with Gasteiger partial charge < -0.3 is 9.53 Å². The van der Waals surface area contributed by atoms with Crippen LogP contribution in [0.25, 0.3) is 0 Å². The Hall–Kier alpha value is -0.453. The van der Waals surface area contributed by atoms with Crippen LogP contribution in [-0.4, -0.2) is 31.1 Å². The molecule has 0 aromatic heterocycles. The van der Waals surface area contributed by atoms with Gasteiger partial charge in [-0.1, -0.05) is 60.6 Å². The first-order valence-electron chi connectivity index (χ1n) is 16.9. The molecule has 0 aromatic carbocycles. The second kappa shape index (κ2) is 8.59. The average Bonchev–Trinajstić information content (AvgIpc) is 3.56. The molecule has 5 aliphatic carbocycles. The fourth-order valence-electron chi connectivity index (χ4n) is 12.7. The largest absolute Gasteiger partial charge is 0.432 e. The van der Waals surface area contributed by atoms with Crippen molar-refractivity contribution in [3.05, 3.63) is 12.2 Å².